The molecule has 0 N–H and O–H groups in total. The van der Waals surface area contributed by atoms with Crippen molar-refractivity contribution in [1.82, 2.24) is 19.4 Å². The summed E-state index contributed by atoms with van der Waals surface area (Å²) in [5, 5.41) is 0. The molecule has 21 heavy (non-hydrogen) atoms. The number of likely N-dealkylation sites (tertiary alicyclic amines) is 1. The predicted octanol–water partition coefficient (Wildman–Crippen LogP) is 0.747. The minimum Gasteiger partial charge on any atom is -0.375 e. The van der Waals surface area contributed by atoms with E-state index in [9.17, 15) is 4.79 Å². The number of hydrogen-bond acceptors (Lipinski definition) is 4. The van der Waals surface area contributed by atoms with Crippen molar-refractivity contribution >= 4 is 5.91 Å². The zero-order chi connectivity index (χ0) is 14.7. The Morgan fingerprint density at radius 3 is 2.86 bits per heavy atom. The van der Waals surface area contributed by atoms with Crippen LogP contribution in [-0.4, -0.2) is 70.7 Å². The van der Waals surface area contributed by atoms with Crippen molar-refractivity contribution in [3.05, 3.63) is 18.2 Å². The van der Waals surface area contributed by atoms with Crippen LogP contribution in [-0.2, 0) is 11.8 Å². The Bertz CT molecular complexity index is 482. The monoisotopic (exact) mass is 292 g/mol. The van der Waals surface area contributed by atoms with Gasteiger partial charge in [-0.25, -0.2) is 4.98 Å². The molecule has 3 heterocycles. The fraction of sp³-hybridized carbons (Fsp3) is 0.733. The van der Waals surface area contributed by atoms with Crippen molar-refractivity contribution in [3.8, 4) is 0 Å². The Morgan fingerprint density at radius 1 is 1.33 bits per heavy atom. The first-order valence-corrected chi connectivity index (χ1v) is 7.84. The molecule has 6 heteroatoms. The highest BCUT2D eigenvalue weighted by molar-refractivity contribution is 5.90. The fourth-order valence-corrected chi connectivity index (χ4v) is 3.16. The van der Waals surface area contributed by atoms with Crippen molar-refractivity contribution in [2.24, 2.45) is 7.05 Å². The molecular weight excluding hydrogens is 268 g/mol. The average molecular weight is 292 g/mol. The van der Waals surface area contributed by atoms with Crippen molar-refractivity contribution in [3.63, 3.8) is 0 Å². The lowest BCUT2D eigenvalue weighted by molar-refractivity contribution is 0.0294. The summed E-state index contributed by atoms with van der Waals surface area (Å²) in [4.78, 5) is 21.1. The van der Waals surface area contributed by atoms with Gasteiger partial charge in [0, 0.05) is 45.7 Å². The van der Waals surface area contributed by atoms with Crippen LogP contribution in [0.2, 0.25) is 0 Å². The minimum absolute atomic E-state index is 0.0134. The number of imidazole rings is 1. The van der Waals surface area contributed by atoms with E-state index in [0.29, 0.717) is 12.4 Å². The Balaban J connectivity index is 1.64. The second kappa shape index (κ2) is 6.58. The molecule has 116 valence electrons. The van der Waals surface area contributed by atoms with E-state index in [1.54, 1.807) is 10.8 Å². The largest absolute Gasteiger partial charge is 0.375 e. The first-order valence-electron chi connectivity index (χ1n) is 7.84. The van der Waals surface area contributed by atoms with Crippen molar-refractivity contribution in [2.75, 3.05) is 39.3 Å². The van der Waals surface area contributed by atoms with Crippen LogP contribution in [0.3, 0.4) is 0 Å². The standard InChI is InChI=1S/C15H24N4O2/c1-17-9-5-16-14(17)15(20)19-8-4-10-21-13(12-19)11-18-6-2-3-7-18/h5,9,13H,2-4,6-8,10-12H2,1H3/t13-/m1/s1. The molecule has 2 aliphatic rings. The average Bonchev–Trinajstić information content (AvgIpc) is 3.06. The van der Waals surface area contributed by atoms with E-state index < -0.39 is 0 Å². The third kappa shape index (κ3) is 3.44. The van der Waals surface area contributed by atoms with Gasteiger partial charge >= 0.3 is 0 Å². The lowest BCUT2D eigenvalue weighted by Gasteiger charge is -2.26. The summed E-state index contributed by atoms with van der Waals surface area (Å²) in [5.74, 6) is 0.524. The summed E-state index contributed by atoms with van der Waals surface area (Å²) >= 11 is 0. The summed E-state index contributed by atoms with van der Waals surface area (Å²) in [6.07, 6.45) is 7.06. The van der Waals surface area contributed by atoms with Gasteiger partial charge in [0.05, 0.1) is 6.10 Å². The number of amides is 1. The Hall–Kier alpha value is -1.40. The van der Waals surface area contributed by atoms with Crippen LogP contribution in [0.4, 0.5) is 0 Å². The fourth-order valence-electron chi connectivity index (χ4n) is 3.16. The van der Waals surface area contributed by atoms with E-state index in [-0.39, 0.29) is 12.0 Å². The second-order valence-electron chi connectivity index (χ2n) is 5.97. The molecule has 1 aromatic rings. The molecule has 0 aromatic carbocycles. The molecule has 6 nitrogen and oxygen atoms in total. The van der Waals surface area contributed by atoms with Gasteiger partial charge in [-0.05, 0) is 32.4 Å². The van der Waals surface area contributed by atoms with Gasteiger partial charge in [0.1, 0.15) is 0 Å². The Kier molecular flexibility index (Phi) is 4.55. The van der Waals surface area contributed by atoms with Crippen LogP contribution >= 0.6 is 0 Å². The van der Waals surface area contributed by atoms with Gasteiger partial charge in [-0.1, -0.05) is 0 Å². The molecule has 1 aromatic heterocycles. The van der Waals surface area contributed by atoms with E-state index in [1.165, 1.54) is 12.8 Å². The van der Waals surface area contributed by atoms with Crippen molar-refractivity contribution in [2.45, 2.75) is 25.4 Å². The molecule has 1 atom stereocenters. The molecule has 2 fully saturated rings. The van der Waals surface area contributed by atoms with E-state index >= 15 is 0 Å². The van der Waals surface area contributed by atoms with Gasteiger partial charge in [0.25, 0.3) is 5.91 Å². The number of carbonyl (C=O) groups is 1. The smallest absolute Gasteiger partial charge is 0.289 e. The molecule has 3 rings (SSSR count). The molecule has 0 unspecified atom stereocenters. The maximum absolute atomic E-state index is 12.6. The van der Waals surface area contributed by atoms with Gasteiger partial charge in [-0.15, -0.1) is 0 Å². The first kappa shape index (κ1) is 14.5. The maximum atomic E-state index is 12.6. The molecule has 0 saturated carbocycles. The molecule has 0 spiro atoms. The molecule has 1 amide bonds. The molecular formula is C15H24N4O2. The Labute approximate surface area is 125 Å². The first-order chi connectivity index (χ1) is 10.2. The number of hydrogen-bond donors (Lipinski definition) is 0. The number of nitrogens with zero attached hydrogens (tertiary/aromatic N) is 4. The lowest BCUT2D eigenvalue weighted by Crippen LogP contribution is -2.42. The summed E-state index contributed by atoms with van der Waals surface area (Å²) in [5.41, 5.74) is 0. The maximum Gasteiger partial charge on any atom is 0.289 e. The summed E-state index contributed by atoms with van der Waals surface area (Å²) < 4.78 is 7.71. The number of carbonyl (C=O) groups excluding carboxylic acids is 1. The van der Waals surface area contributed by atoms with Gasteiger partial charge in [0.15, 0.2) is 5.82 Å². The van der Waals surface area contributed by atoms with Crippen LogP contribution < -0.4 is 0 Å². The topological polar surface area (TPSA) is 50.6 Å². The zero-order valence-corrected chi connectivity index (χ0v) is 12.7. The van der Waals surface area contributed by atoms with E-state index in [4.69, 9.17) is 4.74 Å². The summed E-state index contributed by atoms with van der Waals surface area (Å²) in [6.45, 7) is 5.41. The van der Waals surface area contributed by atoms with Crippen LogP contribution in [0, 0.1) is 0 Å². The highest BCUT2D eigenvalue weighted by atomic mass is 16.5. The summed E-state index contributed by atoms with van der Waals surface area (Å²) in [7, 11) is 1.86. The van der Waals surface area contributed by atoms with E-state index in [0.717, 1.165) is 39.2 Å². The summed E-state index contributed by atoms with van der Waals surface area (Å²) in [6, 6.07) is 0. The lowest BCUT2D eigenvalue weighted by atomic mass is 10.3. The third-order valence-electron chi connectivity index (χ3n) is 4.31. The van der Waals surface area contributed by atoms with Crippen molar-refractivity contribution < 1.29 is 9.53 Å². The molecule has 2 saturated heterocycles. The number of aromatic nitrogens is 2. The zero-order valence-electron chi connectivity index (χ0n) is 12.7. The normalized spacial score (nSPS) is 24.2. The molecule has 0 radical (unpaired) electrons. The minimum atomic E-state index is 0.0134. The number of aryl methyl sites for hydroxylation is 1. The number of ether oxygens (including phenoxy) is 1. The number of rotatable bonds is 3. The van der Waals surface area contributed by atoms with E-state index in [1.807, 2.05) is 18.1 Å². The predicted molar refractivity (Wildman–Crippen MR) is 79.1 cm³/mol. The Morgan fingerprint density at radius 2 is 2.14 bits per heavy atom. The van der Waals surface area contributed by atoms with Crippen molar-refractivity contribution in [1.29, 1.82) is 0 Å². The van der Waals surface area contributed by atoms with Crippen LogP contribution in [0.15, 0.2) is 12.4 Å². The second-order valence-corrected chi connectivity index (χ2v) is 5.97. The van der Waals surface area contributed by atoms with E-state index in [2.05, 4.69) is 9.88 Å². The van der Waals surface area contributed by atoms with Gasteiger partial charge in [0.2, 0.25) is 0 Å². The highest BCUT2D eigenvalue weighted by Gasteiger charge is 2.27. The highest BCUT2D eigenvalue weighted by Crippen LogP contribution is 2.14. The van der Waals surface area contributed by atoms with Crippen LogP contribution in [0.1, 0.15) is 29.9 Å². The molecule has 2 aliphatic heterocycles. The third-order valence-corrected chi connectivity index (χ3v) is 4.31. The molecule has 0 bridgehead atoms. The van der Waals surface area contributed by atoms with Gasteiger partial charge in [-0.2, -0.15) is 0 Å². The van der Waals surface area contributed by atoms with Gasteiger partial charge < -0.3 is 19.1 Å². The quantitative estimate of drug-likeness (QED) is 0.825. The van der Waals surface area contributed by atoms with Gasteiger partial charge in [-0.3, -0.25) is 4.79 Å². The SMILES string of the molecule is Cn1ccnc1C(=O)N1CCCO[C@H](CN2CCCC2)C1. The van der Waals surface area contributed by atoms with Crippen LogP contribution in [0.25, 0.3) is 0 Å². The molecule has 0 aliphatic carbocycles. The van der Waals surface area contributed by atoms with Crippen LogP contribution in [0.5, 0.6) is 0 Å².